The molecule has 1 amide bonds. The highest BCUT2D eigenvalue weighted by atomic mass is 16.3. The topological polar surface area (TPSA) is 81.2 Å². The van der Waals surface area contributed by atoms with Crippen molar-refractivity contribution in [1.29, 1.82) is 0 Å². The van der Waals surface area contributed by atoms with Gasteiger partial charge in [0.2, 0.25) is 5.91 Å². The predicted octanol–water partition coefficient (Wildman–Crippen LogP) is 1.42. The molecule has 0 fully saturated rings. The number of hydrogen-bond acceptors (Lipinski definition) is 4. The van der Waals surface area contributed by atoms with Gasteiger partial charge in [0.1, 0.15) is 5.76 Å². The summed E-state index contributed by atoms with van der Waals surface area (Å²) in [6.45, 7) is 0.815. The number of pyridine rings is 1. The molecule has 2 aromatic heterocycles. The van der Waals surface area contributed by atoms with E-state index in [2.05, 4.69) is 10.3 Å². The second kappa shape index (κ2) is 6.70. The van der Waals surface area contributed by atoms with E-state index in [9.17, 15) is 4.79 Å². The van der Waals surface area contributed by atoms with Crippen molar-refractivity contribution in [3.63, 3.8) is 0 Å². The largest absolute Gasteiger partial charge is 0.467 e. The van der Waals surface area contributed by atoms with Gasteiger partial charge < -0.3 is 15.5 Å². The molecule has 0 bridgehead atoms. The number of hydrogen-bond donors (Lipinski definition) is 2. The summed E-state index contributed by atoms with van der Waals surface area (Å²) in [5.41, 5.74) is 6.31. The van der Waals surface area contributed by atoms with E-state index in [1.54, 1.807) is 18.5 Å². The van der Waals surface area contributed by atoms with Gasteiger partial charge in [0.25, 0.3) is 0 Å². The molecule has 0 radical (unpaired) electrons. The first kappa shape index (κ1) is 13.3. The number of furan rings is 1. The SMILES string of the molecule is NCCC(C(=O)NCc1ccco1)c1ccccn1. The number of carbonyl (C=O) groups excluding carboxylic acids is 1. The third-order valence-electron chi connectivity index (χ3n) is 2.83. The minimum Gasteiger partial charge on any atom is -0.467 e. The molecule has 0 aromatic carbocycles. The average Bonchev–Trinajstić information content (AvgIpc) is 2.96. The lowest BCUT2D eigenvalue weighted by molar-refractivity contribution is -0.123. The highest BCUT2D eigenvalue weighted by molar-refractivity contribution is 5.83. The lowest BCUT2D eigenvalue weighted by Crippen LogP contribution is -2.30. The molecule has 2 rings (SSSR count). The van der Waals surface area contributed by atoms with Crippen molar-refractivity contribution >= 4 is 5.91 Å². The van der Waals surface area contributed by atoms with Crippen molar-refractivity contribution < 1.29 is 9.21 Å². The zero-order chi connectivity index (χ0) is 13.5. The third kappa shape index (κ3) is 3.66. The maximum absolute atomic E-state index is 12.2. The van der Waals surface area contributed by atoms with E-state index in [0.717, 1.165) is 11.5 Å². The first-order valence-corrected chi connectivity index (χ1v) is 6.22. The molecule has 1 atom stereocenters. The molecule has 100 valence electrons. The van der Waals surface area contributed by atoms with E-state index in [1.807, 2.05) is 24.3 Å². The van der Waals surface area contributed by atoms with Crippen LogP contribution in [0.4, 0.5) is 0 Å². The molecule has 0 aliphatic heterocycles. The lowest BCUT2D eigenvalue weighted by Gasteiger charge is -2.14. The van der Waals surface area contributed by atoms with Crippen LogP contribution in [0.1, 0.15) is 23.8 Å². The summed E-state index contributed by atoms with van der Waals surface area (Å²) in [4.78, 5) is 16.4. The number of carbonyl (C=O) groups is 1. The van der Waals surface area contributed by atoms with Gasteiger partial charge in [-0.05, 0) is 37.2 Å². The molecule has 1 unspecified atom stereocenters. The van der Waals surface area contributed by atoms with Crippen molar-refractivity contribution in [2.75, 3.05) is 6.54 Å². The highest BCUT2D eigenvalue weighted by Gasteiger charge is 2.20. The number of aromatic nitrogens is 1. The third-order valence-corrected chi connectivity index (χ3v) is 2.83. The van der Waals surface area contributed by atoms with E-state index in [-0.39, 0.29) is 11.8 Å². The molecule has 0 saturated carbocycles. The fraction of sp³-hybridized carbons (Fsp3) is 0.286. The molecule has 0 aliphatic rings. The molecular weight excluding hydrogens is 242 g/mol. The van der Waals surface area contributed by atoms with Crippen LogP contribution in [-0.4, -0.2) is 17.4 Å². The summed E-state index contributed by atoms with van der Waals surface area (Å²) in [6.07, 6.45) is 3.83. The Balaban J connectivity index is 2.00. The Morgan fingerprint density at radius 2 is 2.26 bits per heavy atom. The first-order chi connectivity index (χ1) is 9.31. The first-order valence-electron chi connectivity index (χ1n) is 6.22. The van der Waals surface area contributed by atoms with Crippen molar-refractivity contribution in [1.82, 2.24) is 10.3 Å². The van der Waals surface area contributed by atoms with Crippen LogP contribution < -0.4 is 11.1 Å². The Morgan fingerprint density at radius 1 is 1.37 bits per heavy atom. The second-order valence-corrected chi connectivity index (χ2v) is 4.18. The van der Waals surface area contributed by atoms with Crippen LogP contribution in [-0.2, 0) is 11.3 Å². The molecule has 3 N–H and O–H groups in total. The zero-order valence-electron chi connectivity index (χ0n) is 10.6. The van der Waals surface area contributed by atoms with Gasteiger partial charge in [0.15, 0.2) is 0 Å². The standard InChI is InChI=1S/C14H17N3O2/c15-7-6-12(13-5-1-2-8-16-13)14(18)17-10-11-4-3-9-19-11/h1-5,8-9,12H,6-7,10,15H2,(H,17,18). The molecule has 2 heterocycles. The van der Waals surface area contributed by atoms with Crippen LogP contribution in [0.15, 0.2) is 47.2 Å². The summed E-state index contributed by atoms with van der Waals surface area (Å²) in [5.74, 6) is 0.322. The minimum atomic E-state index is -0.318. The predicted molar refractivity (Wildman–Crippen MR) is 71.2 cm³/mol. The van der Waals surface area contributed by atoms with Crippen molar-refractivity contribution in [2.24, 2.45) is 5.73 Å². The van der Waals surface area contributed by atoms with E-state index >= 15 is 0 Å². The number of rotatable bonds is 6. The van der Waals surface area contributed by atoms with Crippen LogP contribution in [0.3, 0.4) is 0 Å². The minimum absolute atomic E-state index is 0.0828. The Hall–Kier alpha value is -2.14. The van der Waals surface area contributed by atoms with Gasteiger partial charge in [0, 0.05) is 6.20 Å². The fourth-order valence-electron chi connectivity index (χ4n) is 1.87. The maximum atomic E-state index is 12.2. The quantitative estimate of drug-likeness (QED) is 0.822. The van der Waals surface area contributed by atoms with Crippen LogP contribution in [0.2, 0.25) is 0 Å². The summed E-state index contributed by atoms with van der Waals surface area (Å²) in [5, 5.41) is 2.84. The fourth-order valence-corrected chi connectivity index (χ4v) is 1.87. The van der Waals surface area contributed by atoms with E-state index < -0.39 is 0 Å². The Kier molecular flexibility index (Phi) is 4.69. The normalized spacial score (nSPS) is 12.1. The summed E-state index contributed by atoms with van der Waals surface area (Å²) >= 11 is 0. The number of amides is 1. The average molecular weight is 259 g/mol. The molecule has 0 saturated heterocycles. The van der Waals surface area contributed by atoms with Gasteiger partial charge in [-0.2, -0.15) is 0 Å². The second-order valence-electron chi connectivity index (χ2n) is 4.18. The van der Waals surface area contributed by atoms with E-state index in [4.69, 9.17) is 10.2 Å². The van der Waals surface area contributed by atoms with Crippen molar-refractivity contribution in [2.45, 2.75) is 18.9 Å². The summed E-state index contributed by atoms with van der Waals surface area (Å²) in [6, 6.07) is 9.14. The number of nitrogens with two attached hydrogens (primary N) is 1. The number of nitrogens with one attached hydrogen (secondary N) is 1. The zero-order valence-corrected chi connectivity index (χ0v) is 10.6. The molecule has 5 heteroatoms. The van der Waals surface area contributed by atoms with Gasteiger partial charge in [0.05, 0.1) is 24.4 Å². The van der Waals surface area contributed by atoms with E-state index in [1.165, 1.54) is 0 Å². The Bertz CT molecular complexity index is 497. The summed E-state index contributed by atoms with van der Waals surface area (Å²) in [7, 11) is 0. The molecular formula is C14H17N3O2. The van der Waals surface area contributed by atoms with Crippen molar-refractivity contribution in [3.8, 4) is 0 Å². The van der Waals surface area contributed by atoms with Crippen LogP contribution in [0, 0.1) is 0 Å². The monoisotopic (exact) mass is 259 g/mol. The van der Waals surface area contributed by atoms with Gasteiger partial charge in [-0.1, -0.05) is 6.07 Å². The van der Waals surface area contributed by atoms with Crippen LogP contribution in [0.25, 0.3) is 0 Å². The maximum Gasteiger partial charge on any atom is 0.229 e. The smallest absolute Gasteiger partial charge is 0.229 e. The highest BCUT2D eigenvalue weighted by Crippen LogP contribution is 2.17. The van der Waals surface area contributed by atoms with Crippen molar-refractivity contribution in [3.05, 3.63) is 54.2 Å². The lowest BCUT2D eigenvalue weighted by atomic mass is 9.99. The van der Waals surface area contributed by atoms with E-state index in [0.29, 0.717) is 19.5 Å². The molecule has 5 nitrogen and oxygen atoms in total. The van der Waals surface area contributed by atoms with Gasteiger partial charge in [-0.3, -0.25) is 9.78 Å². The van der Waals surface area contributed by atoms with Gasteiger partial charge in [-0.15, -0.1) is 0 Å². The van der Waals surface area contributed by atoms with Gasteiger partial charge in [-0.25, -0.2) is 0 Å². The molecule has 0 aliphatic carbocycles. The molecule has 0 spiro atoms. The van der Waals surface area contributed by atoms with Crippen LogP contribution >= 0.6 is 0 Å². The molecule has 2 aromatic rings. The summed E-state index contributed by atoms with van der Waals surface area (Å²) < 4.78 is 5.17. The van der Waals surface area contributed by atoms with Crippen LogP contribution in [0.5, 0.6) is 0 Å². The Morgan fingerprint density at radius 3 is 2.89 bits per heavy atom. The van der Waals surface area contributed by atoms with Gasteiger partial charge >= 0.3 is 0 Å². The molecule has 19 heavy (non-hydrogen) atoms. The Labute approximate surface area is 111 Å². The number of nitrogens with zero attached hydrogens (tertiary/aromatic N) is 1.